The van der Waals surface area contributed by atoms with Crippen molar-refractivity contribution in [3.05, 3.63) is 35.0 Å². The van der Waals surface area contributed by atoms with Crippen molar-refractivity contribution in [1.82, 2.24) is 4.90 Å². The third-order valence-electron chi connectivity index (χ3n) is 4.74. The van der Waals surface area contributed by atoms with Gasteiger partial charge in [-0.1, -0.05) is 0 Å². The number of nitrogens with zero attached hydrogens (tertiary/aromatic N) is 1. The van der Waals surface area contributed by atoms with Crippen LogP contribution in [0.2, 0.25) is 0 Å². The molecule has 1 aliphatic rings. The van der Waals surface area contributed by atoms with E-state index in [0.29, 0.717) is 19.6 Å². The SMILES string of the molecule is CCN(CC)C(=O)[C@@]1(c2cc3cc(F)ccc3s2)C[C@H]1CN. The molecule has 0 radical (unpaired) electrons. The van der Waals surface area contributed by atoms with Gasteiger partial charge in [0.25, 0.3) is 0 Å². The van der Waals surface area contributed by atoms with Gasteiger partial charge < -0.3 is 10.6 Å². The van der Waals surface area contributed by atoms with Crippen molar-refractivity contribution in [2.75, 3.05) is 19.6 Å². The molecule has 3 nitrogen and oxygen atoms in total. The van der Waals surface area contributed by atoms with Crippen LogP contribution in [0.4, 0.5) is 4.39 Å². The highest BCUT2D eigenvalue weighted by molar-refractivity contribution is 7.19. The number of fused-ring (bicyclic) bond motifs is 1. The van der Waals surface area contributed by atoms with Crippen molar-refractivity contribution in [2.45, 2.75) is 25.7 Å². The zero-order valence-corrected chi connectivity index (χ0v) is 13.8. The van der Waals surface area contributed by atoms with Gasteiger partial charge in [-0.05, 0) is 62.4 Å². The van der Waals surface area contributed by atoms with E-state index in [1.807, 2.05) is 24.8 Å². The topological polar surface area (TPSA) is 46.3 Å². The maximum Gasteiger partial charge on any atom is 0.234 e. The first-order valence-corrected chi connectivity index (χ1v) is 8.57. The lowest BCUT2D eigenvalue weighted by Crippen LogP contribution is -2.40. The summed E-state index contributed by atoms with van der Waals surface area (Å²) in [7, 11) is 0. The highest BCUT2D eigenvalue weighted by atomic mass is 32.1. The summed E-state index contributed by atoms with van der Waals surface area (Å²) in [5, 5.41) is 0.870. The smallest absolute Gasteiger partial charge is 0.234 e. The molecule has 1 saturated carbocycles. The predicted molar refractivity (Wildman–Crippen MR) is 88.6 cm³/mol. The first-order valence-electron chi connectivity index (χ1n) is 7.75. The quantitative estimate of drug-likeness (QED) is 0.920. The van der Waals surface area contributed by atoms with Crippen molar-refractivity contribution < 1.29 is 9.18 Å². The third kappa shape index (κ3) is 2.23. The monoisotopic (exact) mass is 320 g/mol. The van der Waals surface area contributed by atoms with E-state index in [9.17, 15) is 9.18 Å². The number of likely N-dealkylation sites (N-methyl/N-ethyl adjacent to an activating group) is 1. The third-order valence-corrected chi connectivity index (χ3v) is 6.03. The van der Waals surface area contributed by atoms with Gasteiger partial charge in [-0.3, -0.25) is 4.79 Å². The van der Waals surface area contributed by atoms with Gasteiger partial charge in [0, 0.05) is 22.7 Å². The van der Waals surface area contributed by atoms with Gasteiger partial charge in [0.1, 0.15) is 5.82 Å². The Balaban J connectivity index is 2.05. The van der Waals surface area contributed by atoms with Gasteiger partial charge >= 0.3 is 0 Å². The van der Waals surface area contributed by atoms with Gasteiger partial charge in [0.15, 0.2) is 0 Å². The molecule has 1 fully saturated rings. The van der Waals surface area contributed by atoms with Crippen LogP contribution in [0, 0.1) is 11.7 Å². The molecule has 118 valence electrons. The van der Waals surface area contributed by atoms with Crippen LogP contribution < -0.4 is 5.73 Å². The highest BCUT2D eigenvalue weighted by Crippen LogP contribution is 2.57. The fraction of sp³-hybridized carbons (Fsp3) is 0.471. The number of hydrogen-bond donors (Lipinski definition) is 1. The Morgan fingerprint density at radius 2 is 2.14 bits per heavy atom. The Labute approximate surface area is 133 Å². The van der Waals surface area contributed by atoms with Crippen LogP contribution in [0.15, 0.2) is 24.3 Å². The molecular formula is C17H21FN2OS. The zero-order valence-electron chi connectivity index (χ0n) is 12.9. The van der Waals surface area contributed by atoms with Crippen molar-refractivity contribution in [3.63, 3.8) is 0 Å². The van der Waals surface area contributed by atoms with Crippen molar-refractivity contribution in [3.8, 4) is 0 Å². The van der Waals surface area contributed by atoms with E-state index in [2.05, 4.69) is 0 Å². The predicted octanol–water partition coefficient (Wildman–Crippen LogP) is 3.13. The zero-order chi connectivity index (χ0) is 15.9. The van der Waals surface area contributed by atoms with E-state index in [1.54, 1.807) is 17.4 Å². The number of rotatable bonds is 5. The van der Waals surface area contributed by atoms with Crippen LogP contribution >= 0.6 is 11.3 Å². The van der Waals surface area contributed by atoms with E-state index < -0.39 is 5.41 Å². The normalized spacial score (nSPS) is 23.7. The Bertz CT molecular complexity index is 710. The summed E-state index contributed by atoms with van der Waals surface area (Å²) in [4.78, 5) is 15.9. The number of hydrogen-bond acceptors (Lipinski definition) is 3. The van der Waals surface area contributed by atoms with Gasteiger partial charge in [-0.25, -0.2) is 4.39 Å². The summed E-state index contributed by atoms with van der Waals surface area (Å²) in [6.45, 7) is 5.90. The van der Waals surface area contributed by atoms with E-state index >= 15 is 0 Å². The number of benzene rings is 1. The number of nitrogens with two attached hydrogens (primary N) is 1. The Hall–Kier alpha value is -1.46. The molecular weight excluding hydrogens is 299 g/mol. The van der Waals surface area contributed by atoms with E-state index in [4.69, 9.17) is 5.73 Å². The second-order valence-electron chi connectivity index (χ2n) is 5.88. The molecule has 1 amide bonds. The van der Waals surface area contributed by atoms with Crippen LogP contribution in [0.25, 0.3) is 10.1 Å². The van der Waals surface area contributed by atoms with E-state index in [0.717, 1.165) is 21.4 Å². The first kappa shape index (κ1) is 15.4. The molecule has 0 aliphatic heterocycles. The van der Waals surface area contributed by atoms with Gasteiger partial charge in [-0.2, -0.15) is 0 Å². The number of carbonyl (C=O) groups excluding carboxylic acids is 1. The second-order valence-corrected chi connectivity index (χ2v) is 6.96. The van der Waals surface area contributed by atoms with Crippen LogP contribution in [-0.4, -0.2) is 30.4 Å². The molecule has 1 heterocycles. The molecule has 2 N–H and O–H groups in total. The molecule has 1 aliphatic carbocycles. The number of amides is 1. The van der Waals surface area contributed by atoms with Crippen LogP contribution in [-0.2, 0) is 10.2 Å². The Morgan fingerprint density at radius 3 is 2.73 bits per heavy atom. The molecule has 2 aromatic rings. The summed E-state index contributed by atoms with van der Waals surface area (Å²) in [6, 6.07) is 6.76. The van der Waals surface area contributed by atoms with Gasteiger partial charge in [-0.15, -0.1) is 11.3 Å². The Morgan fingerprint density at radius 1 is 1.41 bits per heavy atom. The molecule has 5 heteroatoms. The number of thiophene rings is 1. The molecule has 0 saturated heterocycles. The molecule has 0 bridgehead atoms. The van der Waals surface area contributed by atoms with E-state index in [1.165, 1.54) is 12.1 Å². The molecule has 3 rings (SSSR count). The maximum absolute atomic E-state index is 13.4. The highest BCUT2D eigenvalue weighted by Gasteiger charge is 2.62. The standard InChI is InChI=1S/C17H21FN2OS/c1-3-20(4-2)16(21)17(9-12(17)10-19)15-8-11-7-13(18)5-6-14(11)22-15/h5-8,12H,3-4,9-10,19H2,1-2H3/t12-,17-/m0/s1. The summed E-state index contributed by atoms with van der Waals surface area (Å²) in [5.41, 5.74) is 5.37. The molecule has 2 atom stereocenters. The minimum absolute atomic E-state index is 0.167. The van der Waals surface area contributed by atoms with Crippen LogP contribution in [0.1, 0.15) is 25.1 Å². The van der Waals surface area contributed by atoms with Crippen molar-refractivity contribution >= 4 is 27.3 Å². The van der Waals surface area contributed by atoms with Gasteiger partial charge in [0.05, 0.1) is 5.41 Å². The van der Waals surface area contributed by atoms with Crippen LogP contribution in [0.5, 0.6) is 0 Å². The first-order chi connectivity index (χ1) is 10.6. The number of halogens is 1. The average molecular weight is 320 g/mol. The lowest BCUT2D eigenvalue weighted by Gasteiger charge is -2.25. The number of carbonyl (C=O) groups is 1. The molecule has 0 spiro atoms. The molecule has 1 aromatic heterocycles. The van der Waals surface area contributed by atoms with E-state index in [-0.39, 0.29) is 17.6 Å². The minimum Gasteiger partial charge on any atom is -0.342 e. The molecule has 0 unspecified atom stereocenters. The van der Waals surface area contributed by atoms with Gasteiger partial charge in [0.2, 0.25) is 5.91 Å². The lowest BCUT2D eigenvalue weighted by atomic mass is 9.98. The summed E-state index contributed by atoms with van der Waals surface area (Å²) < 4.78 is 14.4. The lowest BCUT2D eigenvalue weighted by molar-refractivity contribution is -0.133. The van der Waals surface area contributed by atoms with Crippen LogP contribution in [0.3, 0.4) is 0 Å². The molecule has 1 aromatic carbocycles. The molecule has 22 heavy (non-hydrogen) atoms. The fourth-order valence-electron chi connectivity index (χ4n) is 3.31. The average Bonchev–Trinajstić information content (AvgIpc) is 3.12. The van der Waals surface area contributed by atoms with Crippen molar-refractivity contribution in [1.29, 1.82) is 0 Å². The summed E-state index contributed by atoms with van der Waals surface area (Å²) in [5.74, 6) is 0.116. The second kappa shape index (κ2) is 5.63. The largest absolute Gasteiger partial charge is 0.342 e. The Kier molecular flexibility index (Phi) is 3.95. The minimum atomic E-state index is -0.485. The summed E-state index contributed by atoms with van der Waals surface area (Å²) >= 11 is 1.59. The fourth-order valence-corrected chi connectivity index (χ4v) is 4.62. The summed E-state index contributed by atoms with van der Waals surface area (Å²) in [6.07, 6.45) is 0.800. The maximum atomic E-state index is 13.4. The van der Waals surface area contributed by atoms with Crippen molar-refractivity contribution in [2.24, 2.45) is 11.7 Å².